The Bertz CT molecular complexity index is 586. The number of halogens is 1. The molecular formula is C17H20ClN2O+. The quantitative estimate of drug-likeness (QED) is 0.845. The molecular weight excluding hydrogens is 284 g/mol. The van der Waals surface area contributed by atoms with Crippen molar-refractivity contribution in [2.45, 2.75) is 19.5 Å². The molecule has 0 aliphatic rings. The minimum atomic E-state index is 0.0257. The molecule has 0 spiro atoms. The standard InChI is InChI=1S/C17H19ClN2O/c1-13(15-7-3-2-4-8-15)19-12-17(21)20-11-14-6-5-9-16(18)10-14/h2-10,13,19H,11-12H2,1H3,(H,20,21)/p+1/t13-/m0/s1. The molecule has 2 aromatic rings. The van der Waals surface area contributed by atoms with E-state index in [0.717, 1.165) is 5.56 Å². The number of hydrogen-bond donors (Lipinski definition) is 2. The van der Waals surface area contributed by atoms with Crippen LogP contribution in [-0.4, -0.2) is 12.5 Å². The highest BCUT2D eigenvalue weighted by molar-refractivity contribution is 6.30. The van der Waals surface area contributed by atoms with Crippen LogP contribution < -0.4 is 10.6 Å². The maximum absolute atomic E-state index is 11.9. The van der Waals surface area contributed by atoms with Crippen LogP contribution in [0.1, 0.15) is 24.1 Å². The second-order valence-electron chi connectivity index (χ2n) is 5.05. The molecule has 0 bridgehead atoms. The average Bonchev–Trinajstić information content (AvgIpc) is 2.51. The number of carbonyl (C=O) groups excluding carboxylic acids is 1. The van der Waals surface area contributed by atoms with Crippen LogP contribution in [0.3, 0.4) is 0 Å². The fourth-order valence-corrected chi connectivity index (χ4v) is 2.31. The van der Waals surface area contributed by atoms with Gasteiger partial charge in [-0.05, 0) is 24.6 Å². The third kappa shape index (κ3) is 5.21. The summed E-state index contributed by atoms with van der Waals surface area (Å²) in [6.45, 7) is 3.02. The highest BCUT2D eigenvalue weighted by atomic mass is 35.5. The monoisotopic (exact) mass is 303 g/mol. The van der Waals surface area contributed by atoms with Gasteiger partial charge in [-0.25, -0.2) is 0 Å². The van der Waals surface area contributed by atoms with E-state index in [1.54, 1.807) is 0 Å². The Balaban J connectivity index is 1.75. The summed E-state index contributed by atoms with van der Waals surface area (Å²) in [7, 11) is 0. The van der Waals surface area contributed by atoms with Gasteiger partial charge in [0.1, 0.15) is 6.04 Å². The molecule has 4 heteroatoms. The lowest BCUT2D eigenvalue weighted by atomic mass is 10.1. The molecule has 3 nitrogen and oxygen atoms in total. The van der Waals surface area contributed by atoms with E-state index in [1.165, 1.54) is 5.56 Å². The second kappa shape index (κ2) is 7.81. The predicted molar refractivity (Wildman–Crippen MR) is 84.9 cm³/mol. The minimum absolute atomic E-state index is 0.0257. The molecule has 0 aromatic heterocycles. The Morgan fingerprint density at radius 3 is 2.67 bits per heavy atom. The zero-order valence-corrected chi connectivity index (χ0v) is 12.8. The Labute approximate surface area is 130 Å². The van der Waals surface area contributed by atoms with E-state index in [1.807, 2.05) is 47.8 Å². The zero-order valence-electron chi connectivity index (χ0n) is 12.1. The Morgan fingerprint density at radius 1 is 1.19 bits per heavy atom. The topological polar surface area (TPSA) is 45.7 Å². The van der Waals surface area contributed by atoms with Crippen LogP contribution in [0.2, 0.25) is 5.02 Å². The van der Waals surface area contributed by atoms with E-state index >= 15 is 0 Å². The lowest BCUT2D eigenvalue weighted by Gasteiger charge is -2.11. The molecule has 0 aliphatic carbocycles. The maximum atomic E-state index is 11.9. The highest BCUT2D eigenvalue weighted by Crippen LogP contribution is 2.10. The van der Waals surface area contributed by atoms with E-state index in [9.17, 15) is 4.79 Å². The molecule has 0 unspecified atom stereocenters. The van der Waals surface area contributed by atoms with Crippen LogP contribution in [0.5, 0.6) is 0 Å². The van der Waals surface area contributed by atoms with Crippen molar-refractivity contribution in [1.82, 2.24) is 5.32 Å². The van der Waals surface area contributed by atoms with Gasteiger partial charge in [0.25, 0.3) is 5.91 Å². The van der Waals surface area contributed by atoms with E-state index in [2.05, 4.69) is 24.4 Å². The van der Waals surface area contributed by atoms with Gasteiger partial charge in [0.05, 0.1) is 0 Å². The summed E-state index contributed by atoms with van der Waals surface area (Å²) in [4.78, 5) is 11.9. The third-order valence-electron chi connectivity index (χ3n) is 3.36. The molecule has 0 radical (unpaired) electrons. The summed E-state index contributed by atoms with van der Waals surface area (Å²) in [5.74, 6) is 0.0257. The molecule has 0 aliphatic heterocycles. The molecule has 0 saturated heterocycles. The van der Waals surface area contributed by atoms with Gasteiger partial charge in [0, 0.05) is 17.1 Å². The number of nitrogens with one attached hydrogen (secondary N) is 1. The summed E-state index contributed by atoms with van der Waals surface area (Å²) in [6, 6.07) is 17.9. The lowest BCUT2D eigenvalue weighted by Crippen LogP contribution is -2.87. The molecule has 21 heavy (non-hydrogen) atoms. The van der Waals surface area contributed by atoms with Crippen LogP contribution >= 0.6 is 11.6 Å². The van der Waals surface area contributed by atoms with Gasteiger partial charge in [-0.3, -0.25) is 4.79 Å². The van der Waals surface area contributed by atoms with Crippen LogP contribution in [0.15, 0.2) is 54.6 Å². The van der Waals surface area contributed by atoms with Crippen molar-refractivity contribution in [2.24, 2.45) is 0 Å². The third-order valence-corrected chi connectivity index (χ3v) is 3.60. The second-order valence-corrected chi connectivity index (χ2v) is 5.48. The molecule has 1 amide bonds. The van der Waals surface area contributed by atoms with Crippen LogP contribution in [0.4, 0.5) is 0 Å². The molecule has 3 N–H and O–H groups in total. The Kier molecular flexibility index (Phi) is 5.78. The summed E-state index contributed by atoms with van der Waals surface area (Å²) in [6.07, 6.45) is 0. The number of amides is 1. The summed E-state index contributed by atoms with van der Waals surface area (Å²) >= 11 is 5.91. The number of rotatable bonds is 6. The van der Waals surface area contributed by atoms with Crippen LogP contribution in [0, 0.1) is 0 Å². The normalized spacial score (nSPS) is 11.9. The van der Waals surface area contributed by atoms with Gasteiger partial charge in [-0.1, -0.05) is 54.1 Å². The minimum Gasteiger partial charge on any atom is -0.347 e. The van der Waals surface area contributed by atoms with Crippen molar-refractivity contribution in [1.29, 1.82) is 0 Å². The summed E-state index contributed by atoms with van der Waals surface area (Å²) in [5, 5.41) is 5.62. The fraction of sp³-hybridized carbons (Fsp3) is 0.235. The largest absolute Gasteiger partial charge is 0.347 e. The lowest BCUT2D eigenvalue weighted by molar-refractivity contribution is -0.682. The van der Waals surface area contributed by atoms with Gasteiger partial charge >= 0.3 is 0 Å². The number of nitrogens with two attached hydrogens (primary N) is 1. The van der Waals surface area contributed by atoms with Gasteiger partial charge in [0.15, 0.2) is 6.54 Å². The van der Waals surface area contributed by atoms with Gasteiger partial charge in [0.2, 0.25) is 0 Å². The first-order valence-corrected chi connectivity index (χ1v) is 7.42. The number of quaternary nitrogens is 1. The van der Waals surface area contributed by atoms with E-state index in [-0.39, 0.29) is 11.9 Å². The molecule has 0 heterocycles. The zero-order chi connectivity index (χ0) is 15.1. The van der Waals surface area contributed by atoms with E-state index < -0.39 is 0 Å². The van der Waals surface area contributed by atoms with Gasteiger partial charge in [-0.15, -0.1) is 0 Å². The Morgan fingerprint density at radius 2 is 1.95 bits per heavy atom. The smallest absolute Gasteiger partial charge is 0.275 e. The first kappa shape index (κ1) is 15.5. The summed E-state index contributed by atoms with van der Waals surface area (Å²) < 4.78 is 0. The SMILES string of the molecule is C[C@H]([NH2+]CC(=O)NCc1cccc(Cl)c1)c1ccccc1. The van der Waals surface area contributed by atoms with Crippen LogP contribution in [0.25, 0.3) is 0 Å². The molecule has 2 aromatic carbocycles. The number of carbonyl (C=O) groups is 1. The molecule has 0 fully saturated rings. The fourth-order valence-electron chi connectivity index (χ4n) is 2.10. The summed E-state index contributed by atoms with van der Waals surface area (Å²) in [5.41, 5.74) is 2.23. The molecule has 0 saturated carbocycles. The highest BCUT2D eigenvalue weighted by Gasteiger charge is 2.10. The predicted octanol–water partition coefficient (Wildman–Crippen LogP) is 2.28. The van der Waals surface area contributed by atoms with Crippen molar-refractivity contribution in [3.05, 3.63) is 70.7 Å². The van der Waals surface area contributed by atoms with Crippen molar-refractivity contribution < 1.29 is 10.1 Å². The Hall–Kier alpha value is -1.84. The first-order valence-electron chi connectivity index (χ1n) is 7.04. The number of hydrogen-bond acceptors (Lipinski definition) is 1. The van der Waals surface area contributed by atoms with E-state index in [0.29, 0.717) is 18.1 Å². The van der Waals surface area contributed by atoms with Crippen molar-refractivity contribution in [3.63, 3.8) is 0 Å². The van der Waals surface area contributed by atoms with Crippen molar-refractivity contribution in [3.8, 4) is 0 Å². The van der Waals surface area contributed by atoms with Crippen molar-refractivity contribution in [2.75, 3.05) is 6.54 Å². The maximum Gasteiger partial charge on any atom is 0.275 e. The van der Waals surface area contributed by atoms with E-state index in [4.69, 9.17) is 11.6 Å². The number of benzene rings is 2. The van der Waals surface area contributed by atoms with Gasteiger partial charge < -0.3 is 10.6 Å². The van der Waals surface area contributed by atoms with Crippen molar-refractivity contribution >= 4 is 17.5 Å². The van der Waals surface area contributed by atoms with Gasteiger partial charge in [-0.2, -0.15) is 0 Å². The first-order chi connectivity index (χ1) is 10.1. The molecule has 1 atom stereocenters. The van der Waals surface area contributed by atoms with Crippen LogP contribution in [-0.2, 0) is 11.3 Å². The average molecular weight is 304 g/mol. The molecule has 2 rings (SSSR count). The molecule has 110 valence electrons.